The molecule has 2 heterocycles. The van der Waals surface area contributed by atoms with E-state index in [0.717, 1.165) is 11.4 Å². The number of pyridine rings is 1. The Bertz CT molecular complexity index is 367. The largest absolute Gasteiger partial charge is 0.495 e. The molecule has 0 saturated heterocycles. The first kappa shape index (κ1) is 7.79. The molecule has 0 aliphatic rings. The number of rotatable bonds is 2. The molecule has 0 radical (unpaired) electrons. The Morgan fingerprint density at radius 3 is 2.77 bits per heavy atom. The smallest absolute Gasteiger partial charge is 0.185 e. The van der Waals surface area contributed by atoms with Gasteiger partial charge in [0.15, 0.2) is 5.76 Å². The van der Waals surface area contributed by atoms with Gasteiger partial charge in [0.25, 0.3) is 0 Å². The normalized spacial score (nSPS) is 9.92. The van der Waals surface area contributed by atoms with Gasteiger partial charge >= 0.3 is 0 Å². The van der Waals surface area contributed by atoms with Crippen LogP contribution in [0, 0.1) is 0 Å². The van der Waals surface area contributed by atoms with E-state index in [0.29, 0.717) is 5.76 Å². The monoisotopic (exact) mass is 176 g/mol. The van der Waals surface area contributed by atoms with Gasteiger partial charge in [-0.25, -0.2) is 4.98 Å². The average molecular weight is 176 g/mol. The summed E-state index contributed by atoms with van der Waals surface area (Å²) in [4.78, 5) is 4.13. The quantitative estimate of drug-likeness (QED) is 0.699. The lowest BCUT2D eigenvalue weighted by Crippen LogP contribution is -1.85. The third-order valence-electron chi connectivity index (χ3n) is 1.66. The van der Waals surface area contributed by atoms with Crippen LogP contribution in [0.3, 0.4) is 0 Å². The first-order chi connectivity index (χ1) is 6.40. The molecular weight excluding hydrogens is 168 g/mol. The molecule has 0 unspecified atom stereocenters. The molecule has 0 bridgehead atoms. The fraction of sp³-hybridized carbons (Fsp3) is 0.111. The molecule has 13 heavy (non-hydrogen) atoms. The van der Waals surface area contributed by atoms with Crippen molar-refractivity contribution in [2.24, 2.45) is 0 Å². The highest BCUT2D eigenvalue weighted by molar-refractivity contribution is 5.51. The number of nitrogens with zero attached hydrogens (tertiary/aromatic N) is 2. The van der Waals surface area contributed by atoms with Gasteiger partial charge in [0.05, 0.1) is 19.5 Å². The minimum Gasteiger partial charge on any atom is -0.495 e. The number of ether oxygens (including phenoxy) is 1. The summed E-state index contributed by atoms with van der Waals surface area (Å²) in [6, 6.07) is 5.40. The van der Waals surface area contributed by atoms with E-state index in [-0.39, 0.29) is 0 Å². The lowest BCUT2D eigenvalue weighted by molar-refractivity contribution is 0.412. The lowest BCUT2D eigenvalue weighted by atomic mass is 10.3. The SMILES string of the molecule is COc1ccc(-c2ccno2)nc1. The second-order valence-electron chi connectivity index (χ2n) is 2.46. The summed E-state index contributed by atoms with van der Waals surface area (Å²) in [5.74, 6) is 1.38. The molecule has 4 heteroatoms. The van der Waals surface area contributed by atoms with Gasteiger partial charge in [0.1, 0.15) is 11.4 Å². The molecule has 0 spiro atoms. The van der Waals surface area contributed by atoms with Gasteiger partial charge in [-0.05, 0) is 12.1 Å². The Morgan fingerprint density at radius 1 is 1.31 bits per heavy atom. The number of hydrogen-bond donors (Lipinski definition) is 0. The molecule has 66 valence electrons. The van der Waals surface area contributed by atoms with Crippen LogP contribution in [0.2, 0.25) is 0 Å². The van der Waals surface area contributed by atoms with Gasteiger partial charge < -0.3 is 9.26 Å². The molecule has 0 aliphatic heterocycles. The van der Waals surface area contributed by atoms with Crippen LogP contribution < -0.4 is 4.74 Å². The first-order valence-electron chi connectivity index (χ1n) is 3.81. The molecule has 2 aromatic rings. The maximum absolute atomic E-state index is 4.98. The van der Waals surface area contributed by atoms with Crippen LogP contribution in [0.25, 0.3) is 11.5 Å². The van der Waals surface area contributed by atoms with E-state index in [1.165, 1.54) is 0 Å². The summed E-state index contributed by atoms with van der Waals surface area (Å²) in [7, 11) is 1.60. The summed E-state index contributed by atoms with van der Waals surface area (Å²) < 4.78 is 9.92. The maximum atomic E-state index is 4.98. The van der Waals surface area contributed by atoms with Crippen LogP contribution in [-0.4, -0.2) is 17.3 Å². The summed E-state index contributed by atoms with van der Waals surface area (Å²) in [5, 5.41) is 3.59. The van der Waals surface area contributed by atoms with Crippen molar-refractivity contribution in [2.45, 2.75) is 0 Å². The number of aromatic nitrogens is 2. The molecule has 2 rings (SSSR count). The van der Waals surface area contributed by atoms with Crippen molar-refractivity contribution < 1.29 is 9.26 Å². The van der Waals surface area contributed by atoms with Crippen molar-refractivity contribution in [1.82, 2.24) is 10.1 Å². The second kappa shape index (κ2) is 3.26. The van der Waals surface area contributed by atoms with Crippen molar-refractivity contribution >= 4 is 0 Å². The number of hydrogen-bond acceptors (Lipinski definition) is 4. The molecule has 2 aromatic heterocycles. The molecule has 0 saturated carbocycles. The fourth-order valence-corrected chi connectivity index (χ4v) is 0.995. The third kappa shape index (κ3) is 1.51. The van der Waals surface area contributed by atoms with Crippen molar-refractivity contribution in [2.75, 3.05) is 7.11 Å². The van der Waals surface area contributed by atoms with Crippen molar-refractivity contribution in [1.29, 1.82) is 0 Å². The Balaban J connectivity index is 2.33. The summed E-state index contributed by atoms with van der Waals surface area (Å²) in [5.41, 5.74) is 0.748. The van der Waals surface area contributed by atoms with Crippen LogP contribution in [-0.2, 0) is 0 Å². The van der Waals surface area contributed by atoms with Gasteiger partial charge in [-0.3, -0.25) is 0 Å². The average Bonchev–Trinajstić information content (AvgIpc) is 2.71. The van der Waals surface area contributed by atoms with E-state index in [1.807, 2.05) is 12.1 Å². The predicted molar refractivity (Wildman–Crippen MR) is 46.3 cm³/mol. The van der Waals surface area contributed by atoms with E-state index in [4.69, 9.17) is 9.26 Å². The van der Waals surface area contributed by atoms with Crippen molar-refractivity contribution in [3.8, 4) is 17.2 Å². The van der Waals surface area contributed by atoms with Gasteiger partial charge in [-0.2, -0.15) is 0 Å². The van der Waals surface area contributed by atoms with Crippen LogP contribution in [0.15, 0.2) is 35.1 Å². The highest BCUT2D eigenvalue weighted by atomic mass is 16.5. The van der Waals surface area contributed by atoms with E-state index in [9.17, 15) is 0 Å². The molecule has 0 aliphatic carbocycles. The number of methoxy groups -OCH3 is 1. The highest BCUT2D eigenvalue weighted by Gasteiger charge is 2.02. The predicted octanol–water partition coefficient (Wildman–Crippen LogP) is 1.75. The van der Waals surface area contributed by atoms with E-state index in [1.54, 1.807) is 25.6 Å². The van der Waals surface area contributed by atoms with Gasteiger partial charge in [0.2, 0.25) is 0 Å². The molecule has 4 nitrogen and oxygen atoms in total. The zero-order chi connectivity index (χ0) is 9.10. The van der Waals surface area contributed by atoms with Crippen LogP contribution in [0.1, 0.15) is 0 Å². The van der Waals surface area contributed by atoms with Gasteiger partial charge in [-0.1, -0.05) is 5.16 Å². The Kier molecular flexibility index (Phi) is 1.96. The van der Waals surface area contributed by atoms with Gasteiger partial charge in [-0.15, -0.1) is 0 Å². The summed E-state index contributed by atoms with van der Waals surface area (Å²) in [6.07, 6.45) is 3.22. The van der Waals surface area contributed by atoms with Crippen LogP contribution in [0.4, 0.5) is 0 Å². The molecule has 0 aromatic carbocycles. The zero-order valence-electron chi connectivity index (χ0n) is 7.10. The molecule has 0 atom stereocenters. The first-order valence-corrected chi connectivity index (χ1v) is 3.81. The molecular formula is C9H8N2O2. The Labute approximate surface area is 75.2 Å². The molecule has 0 fully saturated rings. The topological polar surface area (TPSA) is 48.2 Å². The second-order valence-corrected chi connectivity index (χ2v) is 2.46. The molecule has 0 amide bonds. The van der Waals surface area contributed by atoms with Crippen LogP contribution >= 0.6 is 0 Å². The minimum atomic E-state index is 0.655. The third-order valence-corrected chi connectivity index (χ3v) is 1.66. The standard InChI is InChI=1S/C9H8N2O2/c1-12-7-2-3-8(10-6-7)9-4-5-11-13-9/h2-6H,1H3. The fourth-order valence-electron chi connectivity index (χ4n) is 0.995. The van der Waals surface area contributed by atoms with Crippen molar-refractivity contribution in [3.63, 3.8) is 0 Å². The summed E-state index contributed by atoms with van der Waals surface area (Å²) in [6.45, 7) is 0. The zero-order valence-corrected chi connectivity index (χ0v) is 7.10. The van der Waals surface area contributed by atoms with E-state index < -0.39 is 0 Å². The van der Waals surface area contributed by atoms with Gasteiger partial charge in [0, 0.05) is 6.07 Å². The van der Waals surface area contributed by atoms with E-state index >= 15 is 0 Å². The Morgan fingerprint density at radius 2 is 2.23 bits per heavy atom. The van der Waals surface area contributed by atoms with Crippen molar-refractivity contribution in [3.05, 3.63) is 30.6 Å². The maximum Gasteiger partial charge on any atom is 0.185 e. The minimum absolute atomic E-state index is 0.655. The summed E-state index contributed by atoms with van der Waals surface area (Å²) >= 11 is 0. The molecule has 0 N–H and O–H groups in total. The highest BCUT2D eigenvalue weighted by Crippen LogP contribution is 2.17. The Hall–Kier alpha value is -1.84. The lowest BCUT2D eigenvalue weighted by Gasteiger charge is -1.98. The van der Waals surface area contributed by atoms with E-state index in [2.05, 4.69) is 10.1 Å². The van der Waals surface area contributed by atoms with Crippen LogP contribution in [0.5, 0.6) is 5.75 Å².